The van der Waals surface area contributed by atoms with Gasteiger partial charge in [-0.05, 0) is 5.56 Å². The van der Waals surface area contributed by atoms with Crippen molar-refractivity contribution >= 4 is 6.03 Å². The molecule has 0 radical (unpaired) electrons. The number of carbonyl (C=O) groups is 1. The summed E-state index contributed by atoms with van der Waals surface area (Å²) in [6.07, 6.45) is 1.44. The van der Waals surface area contributed by atoms with Crippen molar-refractivity contribution in [2.45, 2.75) is 12.6 Å². The van der Waals surface area contributed by atoms with Crippen molar-refractivity contribution < 1.29 is 14.4 Å². The smallest absolute Gasteiger partial charge is 0.315 e. The number of aromatic nitrogens is 1. The van der Waals surface area contributed by atoms with Crippen molar-refractivity contribution in [1.82, 2.24) is 15.8 Å². The van der Waals surface area contributed by atoms with Crippen LogP contribution >= 0.6 is 0 Å². The lowest BCUT2D eigenvalue weighted by Gasteiger charge is -2.16. The first-order valence-electron chi connectivity index (χ1n) is 5.89. The topological polar surface area (TPSA) is 87.4 Å². The average molecular weight is 261 g/mol. The number of aliphatic hydroxyl groups is 1. The minimum atomic E-state index is -0.432. The zero-order valence-corrected chi connectivity index (χ0v) is 10.2. The normalized spacial score (nSPS) is 11.8. The molecule has 0 bridgehead atoms. The molecule has 1 atom stereocenters. The fraction of sp³-hybridized carbons (Fsp3) is 0.231. The summed E-state index contributed by atoms with van der Waals surface area (Å²) in [4.78, 5) is 11.7. The Morgan fingerprint density at radius 3 is 2.74 bits per heavy atom. The van der Waals surface area contributed by atoms with Gasteiger partial charge >= 0.3 is 6.03 Å². The van der Waals surface area contributed by atoms with Gasteiger partial charge in [0.2, 0.25) is 0 Å². The Bertz CT molecular complexity index is 499. The molecule has 1 aromatic carbocycles. The molecule has 2 aromatic rings. The summed E-state index contributed by atoms with van der Waals surface area (Å²) in [6, 6.07) is 10.1. The quantitative estimate of drug-likeness (QED) is 0.755. The van der Waals surface area contributed by atoms with E-state index in [1.54, 1.807) is 6.07 Å². The first-order valence-corrected chi connectivity index (χ1v) is 5.89. The van der Waals surface area contributed by atoms with Gasteiger partial charge in [0.1, 0.15) is 12.0 Å². The molecule has 0 unspecified atom stereocenters. The van der Waals surface area contributed by atoms with Crippen molar-refractivity contribution in [3.63, 3.8) is 0 Å². The van der Waals surface area contributed by atoms with Gasteiger partial charge < -0.3 is 20.3 Å². The Kier molecular flexibility index (Phi) is 4.52. The molecule has 0 saturated carbocycles. The van der Waals surface area contributed by atoms with Gasteiger partial charge in [0, 0.05) is 6.07 Å². The van der Waals surface area contributed by atoms with Crippen LogP contribution in [0.4, 0.5) is 4.79 Å². The van der Waals surface area contributed by atoms with E-state index in [4.69, 9.17) is 0 Å². The van der Waals surface area contributed by atoms with Crippen LogP contribution in [0.2, 0.25) is 0 Å². The first kappa shape index (κ1) is 13.1. The molecule has 0 aliphatic heterocycles. The summed E-state index contributed by atoms with van der Waals surface area (Å²) in [7, 11) is 0. The minimum Gasteiger partial charge on any atom is -0.394 e. The Hall–Kier alpha value is -2.34. The minimum absolute atomic E-state index is 0.165. The van der Waals surface area contributed by atoms with Crippen LogP contribution in [-0.2, 0) is 6.54 Å². The lowest BCUT2D eigenvalue weighted by atomic mass is 10.1. The third-order valence-corrected chi connectivity index (χ3v) is 2.61. The summed E-state index contributed by atoms with van der Waals surface area (Å²) < 4.78 is 4.66. The number of amides is 2. The standard InChI is InChI=1S/C13H15N3O3/c17-9-12(10-4-2-1-3-5-10)15-13(18)14-8-11-6-7-19-16-11/h1-7,12,17H,8-9H2,(H2,14,15,18)/t12-/m1/s1. The van der Waals surface area contributed by atoms with Crippen LogP contribution in [0.3, 0.4) is 0 Å². The van der Waals surface area contributed by atoms with Crippen molar-refractivity contribution in [1.29, 1.82) is 0 Å². The van der Waals surface area contributed by atoms with E-state index in [0.29, 0.717) is 5.69 Å². The lowest BCUT2D eigenvalue weighted by molar-refractivity contribution is 0.216. The van der Waals surface area contributed by atoms with Crippen LogP contribution in [0.5, 0.6) is 0 Å². The molecule has 2 rings (SSSR count). The van der Waals surface area contributed by atoms with Crippen LogP contribution in [0.1, 0.15) is 17.3 Å². The highest BCUT2D eigenvalue weighted by atomic mass is 16.5. The maximum Gasteiger partial charge on any atom is 0.315 e. The molecule has 6 nitrogen and oxygen atoms in total. The Morgan fingerprint density at radius 1 is 1.32 bits per heavy atom. The molecule has 19 heavy (non-hydrogen) atoms. The van der Waals surface area contributed by atoms with E-state index in [1.165, 1.54) is 6.26 Å². The zero-order valence-electron chi connectivity index (χ0n) is 10.2. The molecule has 0 fully saturated rings. The van der Waals surface area contributed by atoms with Gasteiger partial charge in [-0.2, -0.15) is 0 Å². The molecule has 1 aromatic heterocycles. The number of rotatable bonds is 5. The molecule has 3 N–H and O–H groups in total. The van der Waals surface area contributed by atoms with Gasteiger partial charge in [0.15, 0.2) is 0 Å². The second-order valence-corrected chi connectivity index (χ2v) is 3.96. The number of aliphatic hydroxyl groups excluding tert-OH is 1. The van der Waals surface area contributed by atoms with E-state index in [9.17, 15) is 9.90 Å². The third kappa shape index (κ3) is 3.82. The molecule has 0 aliphatic rings. The number of hydrogen-bond acceptors (Lipinski definition) is 4. The zero-order chi connectivity index (χ0) is 13.5. The highest BCUT2D eigenvalue weighted by molar-refractivity contribution is 5.74. The summed E-state index contributed by atoms with van der Waals surface area (Å²) in [6.45, 7) is 0.108. The van der Waals surface area contributed by atoms with Crippen LogP contribution in [-0.4, -0.2) is 22.9 Å². The van der Waals surface area contributed by atoms with Crippen molar-refractivity contribution in [3.05, 3.63) is 53.9 Å². The number of hydrogen-bond donors (Lipinski definition) is 3. The van der Waals surface area contributed by atoms with Gasteiger partial charge in [0.25, 0.3) is 0 Å². The second kappa shape index (κ2) is 6.55. The third-order valence-electron chi connectivity index (χ3n) is 2.61. The van der Waals surface area contributed by atoms with Gasteiger partial charge in [-0.25, -0.2) is 4.79 Å². The molecule has 100 valence electrons. The van der Waals surface area contributed by atoms with E-state index in [2.05, 4.69) is 20.3 Å². The average Bonchev–Trinajstić information content (AvgIpc) is 2.97. The number of urea groups is 1. The molecule has 1 heterocycles. The number of nitrogens with zero attached hydrogens (tertiary/aromatic N) is 1. The molecule has 0 aliphatic carbocycles. The Labute approximate surface area is 110 Å². The highest BCUT2D eigenvalue weighted by Gasteiger charge is 2.13. The van der Waals surface area contributed by atoms with E-state index in [0.717, 1.165) is 5.56 Å². The van der Waals surface area contributed by atoms with Gasteiger partial charge in [-0.1, -0.05) is 35.5 Å². The van der Waals surface area contributed by atoms with Crippen LogP contribution in [0.15, 0.2) is 47.2 Å². The lowest BCUT2D eigenvalue weighted by Crippen LogP contribution is -2.38. The molecule has 2 amide bonds. The number of carbonyl (C=O) groups excluding carboxylic acids is 1. The molecular weight excluding hydrogens is 246 g/mol. The first-order chi connectivity index (χ1) is 9.29. The van der Waals surface area contributed by atoms with Crippen molar-refractivity contribution in [2.24, 2.45) is 0 Å². The summed E-state index contributed by atoms with van der Waals surface area (Å²) in [5, 5.41) is 18.3. The largest absolute Gasteiger partial charge is 0.394 e. The van der Waals surface area contributed by atoms with E-state index < -0.39 is 6.04 Å². The predicted molar refractivity (Wildman–Crippen MR) is 68.1 cm³/mol. The van der Waals surface area contributed by atoms with Gasteiger partial charge in [0.05, 0.1) is 19.2 Å². The summed E-state index contributed by atoms with van der Waals surface area (Å²) >= 11 is 0. The second-order valence-electron chi connectivity index (χ2n) is 3.96. The Morgan fingerprint density at radius 2 is 2.11 bits per heavy atom. The fourth-order valence-electron chi connectivity index (χ4n) is 1.63. The van der Waals surface area contributed by atoms with Crippen LogP contribution in [0, 0.1) is 0 Å². The van der Waals surface area contributed by atoms with E-state index in [1.807, 2.05) is 30.3 Å². The maximum absolute atomic E-state index is 11.7. The van der Waals surface area contributed by atoms with Gasteiger partial charge in [-0.3, -0.25) is 0 Å². The van der Waals surface area contributed by atoms with Crippen molar-refractivity contribution in [3.8, 4) is 0 Å². The molecule has 0 spiro atoms. The maximum atomic E-state index is 11.7. The molecule has 6 heteroatoms. The van der Waals surface area contributed by atoms with Crippen LogP contribution < -0.4 is 10.6 Å². The van der Waals surface area contributed by atoms with E-state index in [-0.39, 0.29) is 19.2 Å². The predicted octanol–water partition coefficient (Wildman–Crippen LogP) is 1.21. The fourth-order valence-corrected chi connectivity index (χ4v) is 1.63. The van der Waals surface area contributed by atoms with Crippen molar-refractivity contribution in [2.75, 3.05) is 6.61 Å². The summed E-state index contributed by atoms with van der Waals surface area (Å²) in [5.74, 6) is 0. The highest BCUT2D eigenvalue weighted by Crippen LogP contribution is 2.11. The van der Waals surface area contributed by atoms with Gasteiger partial charge in [-0.15, -0.1) is 0 Å². The molecular formula is C13H15N3O3. The number of benzene rings is 1. The monoisotopic (exact) mass is 261 g/mol. The number of nitrogens with one attached hydrogen (secondary N) is 2. The summed E-state index contributed by atoms with van der Waals surface area (Å²) in [5.41, 5.74) is 1.48. The molecule has 0 saturated heterocycles. The van der Waals surface area contributed by atoms with E-state index >= 15 is 0 Å². The SMILES string of the molecule is O=C(NCc1ccon1)N[C@H](CO)c1ccccc1. The Balaban J connectivity index is 1.86. The van der Waals surface area contributed by atoms with Crippen LogP contribution in [0.25, 0.3) is 0 Å².